The Kier molecular flexibility index (Phi) is 5.62. The fourth-order valence-corrected chi connectivity index (χ4v) is 1.26. The molecule has 1 rings (SSSR count). The van der Waals surface area contributed by atoms with Crippen molar-refractivity contribution in [3.63, 3.8) is 0 Å². The molecule has 0 atom stereocenters. The summed E-state index contributed by atoms with van der Waals surface area (Å²) in [6.45, 7) is 2.40. The SMILES string of the molecule is CCOCC(=O)NCc1ccc(OC(F)(F)F)cc1. The summed E-state index contributed by atoms with van der Waals surface area (Å²) in [5.74, 6) is -0.575. The summed E-state index contributed by atoms with van der Waals surface area (Å²) >= 11 is 0. The van der Waals surface area contributed by atoms with Gasteiger partial charge in [0.25, 0.3) is 0 Å². The molecule has 0 aliphatic rings. The van der Waals surface area contributed by atoms with Crippen LogP contribution >= 0.6 is 0 Å². The molecule has 0 aliphatic heterocycles. The van der Waals surface area contributed by atoms with Crippen molar-refractivity contribution in [1.82, 2.24) is 5.32 Å². The summed E-state index contributed by atoms with van der Waals surface area (Å²) in [7, 11) is 0. The van der Waals surface area contributed by atoms with Gasteiger partial charge < -0.3 is 14.8 Å². The van der Waals surface area contributed by atoms with Gasteiger partial charge >= 0.3 is 6.36 Å². The molecule has 1 N–H and O–H groups in total. The molecular weight excluding hydrogens is 263 g/mol. The number of nitrogens with one attached hydrogen (secondary N) is 1. The maximum Gasteiger partial charge on any atom is 0.573 e. The van der Waals surface area contributed by atoms with E-state index in [2.05, 4.69) is 10.1 Å². The molecule has 4 nitrogen and oxygen atoms in total. The van der Waals surface area contributed by atoms with Crippen LogP contribution in [0.4, 0.5) is 13.2 Å². The molecule has 1 amide bonds. The van der Waals surface area contributed by atoms with Crippen molar-refractivity contribution in [2.24, 2.45) is 0 Å². The highest BCUT2D eigenvalue weighted by molar-refractivity contribution is 5.77. The zero-order valence-corrected chi connectivity index (χ0v) is 10.3. The van der Waals surface area contributed by atoms with Crippen LogP contribution in [0.15, 0.2) is 24.3 Å². The fraction of sp³-hybridized carbons (Fsp3) is 0.417. The third kappa shape index (κ3) is 6.66. The zero-order chi connectivity index (χ0) is 14.3. The molecule has 106 valence electrons. The molecule has 0 unspecified atom stereocenters. The maximum absolute atomic E-state index is 11.9. The number of halogens is 3. The van der Waals surface area contributed by atoms with E-state index >= 15 is 0 Å². The Balaban J connectivity index is 2.42. The van der Waals surface area contributed by atoms with Crippen molar-refractivity contribution < 1.29 is 27.4 Å². The van der Waals surface area contributed by atoms with Gasteiger partial charge in [0.05, 0.1) is 0 Å². The molecule has 0 bridgehead atoms. The summed E-state index contributed by atoms with van der Waals surface area (Å²) in [5.41, 5.74) is 0.666. The van der Waals surface area contributed by atoms with Gasteiger partial charge in [-0.25, -0.2) is 0 Å². The Morgan fingerprint density at radius 3 is 2.42 bits per heavy atom. The van der Waals surface area contributed by atoms with Gasteiger partial charge in [0.15, 0.2) is 0 Å². The highest BCUT2D eigenvalue weighted by Crippen LogP contribution is 2.22. The first kappa shape index (κ1) is 15.3. The van der Waals surface area contributed by atoms with Crippen LogP contribution in [0.2, 0.25) is 0 Å². The van der Waals surface area contributed by atoms with E-state index in [4.69, 9.17) is 4.74 Å². The molecule has 0 radical (unpaired) electrons. The number of benzene rings is 1. The monoisotopic (exact) mass is 277 g/mol. The average molecular weight is 277 g/mol. The summed E-state index contributed by atoms with van der Waals surface area (Å²) in [5, 5.41) is 2.57. The summed E-state index contributed by atoms with van der Waals surface area (Å²) in [6, 6.07) is 5.28. The first-order valence-electron chi connectivity index (χ1n) is 5.60. The number of alkyl halides is 3. The van der Waals surface area contributed by atoms with Crippen LogP contribution < -0.4 is 10.1 Å². The number of carbonyl (C=O) groups excluding carboxylic acids is 1. The van der Waals surface area contributed by atoms with Crippen LogP contribution in [0.25, 0.3) is 0 Å². The van der Waals surface area contributed by atoms with Crippen molar-refractivity contribution in [3.05, 3.63) is 29.8 Å². The molecule has 0 aliphatic carbocycles. The normalized spacial score (nSPS) is 11.2. The van der Waals surface area contributed by atoms with Crippen LogP contribution in [0.3, 0.4) is 0 Å². The first-order chi connectivity index (χ1) is 8.90. The van der Waals surface area contributed by atoms with E-state index in [0.29, 0.717) is 12.2 Å². The molecule has 0 saturated heterocycles. The van der Waals surface area contributed by atoms with Crippen LogP contribution in [-0.2, 0) is 16.1 Å². The van der Waals surface area contributed by atoms with E-state index < -0.39 is 6.36 Å². The van der Waals surface area contributed by atoms with E-state index in [0.717, 1.165) is 0 Å². The van der Waals surface area contributed by atoms with Gasteiger partial charge in [0, 0.05) is 13.2 Å². The molecule has 1 aromatic rings. The molecule has 19 heavy (non-hydrogen) atoms. The lowest BCUT2D eigenvalue weighted by molar-refractivity contribution is -0.274. The lowest BCUT2D eigenvalue weighted by Crippen LogP contribution is -2.27. The minimum atomic E-state index is -4.70. The predicted octanol–water partition coefficient (Wildman–Crippen LogP) is 2.24. The van der Waals surface area contributed by atoms with Crippen LogP contribution in [0.5, 0.6) is 5.75 Å². The lowest BCUT2D eigenvalue weighted by atomic mass is 10.2. The van der Waals surface area contributed by atoms with E-state index in [1.807, 2.05) is 0 Å². The second-order valence-electron chi connectivity index (χ2n) is 3.61. The second-order valence-corrected chi connectivity index (χ2v) is 3.61. The van der Waals surface area contributed by atoms with Crippen LogP contribution in [0, 0.1) is 0 Å². The van der Waals surface area contributed by atoms with E-state index in [-0.39, 0.29) is 24.8 Å². The highest BCUT2D eigenvalue weighted by atomic mass is 19.4. The van der Waals surface area contributed by atoms with Crippen molar-refractivity contribution in [3.8, 4) is 5.75 Å². The van der Waals surface area contributed by atoms with Gasteiger partial charge in [0.2, 0.25) is 5.91 Å². The molecule has 0 saturated carbocycles. The molecule has 0 fully saturated rings. The summed E-state index contributed by atoms with van der Waals surface area (Å²) in [4.78, 5) is 11.2. The number of carbonyl (C=O) groups is 1. The topological polar surface area (TPSA) is 47.6 Å². The Morgan fingerprint density at radius 2 is 1.89 bits per heavy atom. The fourth-order valence-electron chi connectivity index (χ4n) is 1.26. The van der Waals surface area contributed by atoms with Crippen LogP contribution in [0.1, 0.15) is 12.5 Å². The number of amides is 1. The second kappa shape index (κ2) is 6.98. The Bertz CT molecular complexity index is 404. The van der Waals surface area contributed by atoms with E-state index in [1.165, 1.54) is 24.3 Å². The standard InChI is InChI=1S/C12H14F3NO3/c1-2-18-8-11(17)16-7-9-3-5-10(6-4-9)19-12(13,14)15/h3-6H,2,7-8H2,1H3,(H,16,17). The molecule has 0 spiro atoms. The van der Waals surface area contributed by atoms with E-state index in [1.54, 1.807) is 6.92 Å². The predicted molar refractivity (Wildman–Crippen MR) is 61.5 cm³/mol. The Labute approximate surface area is 108 Å². The molecular formula is C12H14F3NO3. The molecule has 7 heteroatoms. The van der Waals surface area contributed by atoms with Gasteiger partial charge in [0.1, 0.15) is 12.4 Å². The van der Waals surface area contributed by atoms with Crippen molar-refractivity contribution in [2.45, 2.75) is 19.8 Å². The smallest absolute Gasteiger partial charge is 0.406 e. The number of hydrogen-bond acceptors (Lipinski definition) is 3. The molecule has 1 aromatic carbocycles. The number of ether oxygens (including phenoxy) is 2. The summed E-state index contributed by atoms with van der Waals surface area (Å²) in [6.07, 6.45) is -4.70. The van der Waals surface area contributed by atoms with Crippen LogP contribution in [-0.4, -0.2) is 25.5 Å². The lowest BCUT2D eigenvalue weighted by Gasteiger charge is -2.09. The largest absolute Gasteiger partial charge is 0.573 e. The van der Waals surface area contributed by atoms with Gasteiger partial charge in [-0.15, -0.1) is 13.2 Å². The molecule has 0 heterocycles. The number of rotatable bonds is 6. The van der Waals surface area contributed by atoms with Crippen molar-refractivity contribution in [1.29, 1.82) is 0 Å². The third-order valence-corrected chi connectivity index (χ3v) is 2.08. The molecule has 0 aromatic heterocycles. The van der Waals surface area contributed by atoms with Gasteiger partial charge in [-0.05, 0) is 24.6 Å². The van der Waals surface area contributed by atoms with Gasteiger partial charge in [-0.3, -0.25) is 4.79 Å². The van der Waals surface area contributed by atoms with Gasteiger partial charge in [-0.1, -0.05) is 12.1 Å². The van der Waals surface area contributed by atoms with Crippen molar-refractivity contribution in [2.75, 3.05) is 13.2 Å². The first-order valence-corrected chi connectivity index (χ1v) is 5.60. The Hall–Kier alpha value is -1.76. The number of hydrogen-bond donors (Lipinski definition) is 1. The third-order valence-electron chi connectivity index (χ3n) is 2.08. The Morgan fingerprint density at radius 1 is 1.26 bits per heavy atom. The van der Waals surface area contributed by atoms with E-state index in [9.17, 15) is 18.0 Å². The minimum absolute atomic E-state index is 0.0359. The highest BCUT2D eigenvalue weighted by Gasteiger charge is 2.30. The quantitative estimate of drug-likeness (QED) is 0.867. The van der Waals surface area contributed by atoms with Crippen molar-refractivity contribution >= 4 is 5.91 Å². The maximum atomic E-state index is 11.9. The van der Waals surface area contributed by atoms with Gasteiger partial charge in [-0.2, -0.15) is 0 Å². The average Bonchev–Trinajstić information content (AvgIpc) is 2.33. The zero-order valence-electron chi connectivity index (χ0n) is 10.3. The summed E-state index contributed by atoms with van der Waals surface area (Å²) < 4.78 is 44.4. The minimum Gasteiger partial charge on any atom is -0.406 e.